The van der Waals surface area contributed by atoms with Crippen molar-refractivity contribution in [2.24, 2.45) is 0 Å². The highest BCUT2D eigenvalue weighted by Crippen LogP contribution is 2.30. The Bertz CT molecular complexity index is 1190. The minimum Gasteiger partial charge on any atom is -0.256 e. The molecule has 1 aromatic carbocycles. The minimum atomic E-state index is 0.820. The molecule has 0 saturated carbocycles. The van der Waals surface area contributed by atoms with Crippen LogP contribution in [-0.2, 0) is 0 Å². The molecule has 0 aliphatic carbocycles. The number of allylic oxidation sites excluding steroid dienone is 1. The Morgan fingerprint density at radius 2 is 1.96 bits per heavy atom. The average Bonchev–Trinajstić information content (AvgIpc) is 2.99. The molecule has 24 heavy (non-hydrogen) atoms. The molecule has 0 N–H and O–H groups in total. The lowest BCUT2D eigenvalue weighted by atomic mass is 10.1. The summed E-state index contributed by atoms with van der Waals surface area (Å²) in [5.41, 5.74) is 3.57. The van der Waals surface area contributed by atoms with Crippen LogP contribution in [0.2, 0.25) is 0 Å². The third-order valence-electron chi connectivity index (χ3n) is 3.89. The fraction of sp³-hybridized carbons (Fsp3) is 0.0526. The van der Waals surface area contributed by atoms with Gasteiger partial charge in [0, 0.05) is 26.9 Å². The maximum absolute atomic E-state index is 4.53. The Kier molecular flexibility index (Phi) is 3.63. The van der Waals surface area contributed by atoms with Gasteiger partial charge in [0.25, 0.3) is 0 Å². The van der Waals surface area contributed by atoms with E-state index >= 15 is 0 Å². The van der Waals surface area contributed by atoms with Crippen LogP contribution in [0.15, 0.2) is 49.2 Å². The second kappa shape index (κ2) is 5.94. The van der Waals surface area contributed by atoms with Crippen molar-refractivity contribution in [1.82, 2.24) is 20.4 Å². The second-order valence-corrected chi connectivity index (χ2v) is 6.32. The van der Waals surface area contributed by atoms with Gasteiger partial charge in [-0.3, -0.25) is 4.98 Å². The first-order valence-electron chi connectivity index (χ1n) is 7.58. The Morgan fingerprint density at radius 3 is 2.79 bits per heavy atom. The summed E-state index contributed by atoms with van der Waals surface area (Å²) in [5.74, 6) is 0. The van der Waals surface area contributed by atoms with Gasteiger partial charge in [0.15, 0.2) is 0 Å². The number of hydrogen-bond acceptors (Lipinski definition) is 5. The Balaban J connectivity index is 2.15. The molecular formula is C19H14N4S. The summed E-state index contributed by atoms with van der Waals surface area (Å²) in [6.07, 6.45) is 7.62. The SMILES string of the molecule is C=C/C=c1\c(=C/C)sc2c(-c3cccc4cccnc34)nnnc12. The molecule has 116 valence electrons. The van der Waals surface area contributed by atoms with Gasteiger partial charge in [0.05, 0.1) is 10.2 Å². The molecule has 0 fully saturated rings. The lowest BCUT2D eigenvalue weighted by Gasteiger charge is -2.04. The van der Waals surface area contributed by atoms with E-state index in [0.717, 1.165) is 42.1 Å². The highest BCUT2D eigenvalue weighted by molar-refractivity contribution is 7.17. The molecule has 0 bridgehead atoms. The molecule has 0 atom stereocenters. The van der Waals surface area contributed by atoms with Gasteiger partial charge < -0.3 is 0 Å². The smallest absolute Gasteiger partial charge is 0.116 e. The third kappa shape index (κ3) is 2.21. The number of hydrogen-bond donors (Lipinski definition) is 0. The van der Waals surface area contributed by atoms with E-state index in [4.69, 9.17) is 0 Å². The van der Waals surface area contributed by atoms with Crippen molar-refractivity contribution in [3.05, 3.63) is 58.9 Å². The van der Waals surface area contributed by atoms with Gasteiger partial charge in [-0.2, -0.15) is 0 Å². The van der Waals surface area contributed by atoms with E-state index in [1.54, 1.807) is 23.6 Å². The van der Waals surface area contributed by atoms with Crippen LogP contribution < -0.4 is 9.75 Å². The van der Waals surface area contributed by atoms with E-state index in [-0.39, 0.29) is 0 Å². The summed E-state index contributed by atoms with van der Waals surface area (Å²) in [7, 11) is 0. The fourth-order valence-corrected chi connectivity index (χ4v) is 3.94. The van der Waals surface area contributed by atoms with Crippen LogP contribution in [0, 0.1) is 0 Å². The van der Waals surface area contributed by atoms with Crippen LogP contribution in [0.1, 0.15) is 6.92 Å². The number of thiophene rings is 1. The number of para-hydroxylation sites is 1. The van der Waals surface area contributed by atoms with Crippen molar-refractivity contribution in [2.75, 3.05) is 0 Å². The van der Waals surface area contributed by atoms with E-state index in [1.807, 2.05) is 43.3 Å². The number of pyridine rings is 1. The zero-order valence-corrected chi connectivity index (χ0v) is 13.9. The van der Waals surface area contributed by atoms with Crippen molar-refractivity contribution < 1.29 is 0 Å². The van der Waals surface area contributed by atoms with Gasteiger partial charge >= 0.3 is 0 Å². The van der Waals surface area contributed by atoms with Gasteiger partial charge in [-0.1, -0.05) is 49.1 Å². The molecular weight excluding hydrogens is 316 g/mol. The molecule has 0 amide bonds. The van der Waals surface area contributed by atoms with Crippen LogP contribution >= 0.6 is 11.3 Å². The van der Waals surface area contributed by atoms with Crippen LogP contribution in [0.5, 0.6) is 0 Å². The van der Waals surface area contributed by atoms with E-state index < -0.39 is 0 Å². The minimum absolute atomic E-state index is 0.820. The summed E-state index contributed by atoms with van der Waals surface area (Å²) in [5, 5.41) is 14.7. The summed E-state index contributed by atoms with van der Waals surface area (Å²) in [6.45, 7) is 5.82. The normalized spacial score (nSPS) is 13.0. The fourth-order valence-electron chi connectivity index (χ4n) is 2.83. The Labute approximate surface area is 142 Å². The van der Waals surface area contributed by atoms with Gasteiger partial charge in [-0.05, 0) is 18.2 Å². The molecule has 0 radical (unpaired) electrons. The molecule has 0 spiro atoms. The van der Waals surface area contributed by atoms with Crippen molar-refractivity contribution in [2.45, 2.75) is 6.92 Å². The topological polar surface area (TPSA) is 51.6 Å². The predicted octanol–water partition coefficient (Wildman–Crippen LogP) is 3.07. The lowest BCUT2D eigenvalue weighted by Crippen LogP contribution is -2.18. The van der Waals surface area contributed by atoms with Crippen LogP contribution in [0.3, 0.4) is 0 Å². The number of rotatable bonds is 2. The first-order chi connectivity index (χ1) is 11.8. The standard InChI is InChI=1S/C19H14N4S/c1-3-7-13-15(4-2)24-19-17(13)21-23-22-18(19)14-10-5-8-12-9-6-11-20-16(12)14/h3-11H,1H2,2H3/b13-7+,15-4+. The Hall–Kier alpha value is -2.92. The lowest BCUT2D eigenvalue weighted by molar-refractivity contribution is 0.901. The molecule has 0 saturated heterocycles. The molecule has 5 heteroatoms. The number of aromatic nitrogens is 4. The van der Waals surface area contributed by atoms with Crippen molar-refractivity contribution in [3.63, 3.8) is 0 Å². The summed E-state index contributed by atoms with van der Waals surface area (Å²) in [4.78, 5) is 4.53. The van der Waals surface area contributed by atoms with Crippen LogP contribution in [-0.4, -0.2) is 20.4 Å². The van der Waals surface area contributed by atoms with Gasteiger partial charge in [0.1, 0.15) is 11.2 Å². The van der Waals surface area contributed by atoms with Gasteiger partial charge in [-0.15, -0.1) is 21.5 Å². The number of benzene rings is 1. The first-order valence-corrected chi connectivity index (χ1v) is 8.40. The van der Waals surface area contributed by atoms with Crippen LogP contribution in [0.4, 0.5) is 0 Å². The van der Waals surface area contributed by atoms with Crippen molar-refractivity contribution in [3.8, 4) is 11.3 Å². The number of nitrogens with zero attached hydrogens (tertiary/aromatic N) is 4. The molecule has 0 unspecified atom stereocenters. The monoisotopic (exact) mass is 330 g/mol. The van der Waals surface area contributed by atoms with E-state index in [0.29, 0.717) is 0 Å². The van der Waals surface area contributed by atoms with Crippen molar-refractivity contribution >= 4 is 44.6 Å². The Morgan fingerprint density at radius 1 is 1.08 bits per heavy atom. The van der Waals surface area contributed by atoms with Gasteiger partial charge in [0.2, 0.25) is 0 Å². The molecule has 4 nitrogen and oxygen atoms in total. The first kappa shape index (κ1) is 14.7. The second-order valence-electron chi connectivity index (χ2n) is 5.27. The van der Waals surface area contributed by atoms with E-state index in [2.05, 4.69) is 33.0 Å². The maximum atomic E-state index is 4.53. The predicted molar refractivity (Wildman–Crippen MR) is 100.0 cm³/mol. The molecule has 3 aromatic heterocycles. The van der Waals surface area contributed by atoms with Crippen molar-refractivity contribution in [1.29, 1.82) is 0 Å². The highest BCUT2D eigenvalue weighted by Gasteiger charge is 2.14. The largest absolute Gasteiger partial charge is 0.256 e. The van der Waals surface area contributed by atoms with Gasteiger partial charge in [-0.25, -0.2) is 0 Å². The molecule has 0 aliphatic heterocycles. The zero-order valence-electron chi connectivity index (χ0n) is 13.1. The molecule has 3 heterocycles. The summed E-state index contributed by atoms with van der Waals surface area (Å²) in [6, 6.07) is 10.1. The zero-order chi connectivity index (χ0) is 16.5. The molecule has 4 aromatic rings. The maximum Gasteiger partial charge on any atom is 0.116 e. The van der Waals surface area contributed by atoms with E-state index in [1.165, 1.54) is 0 Å². The van der Waals surface area contributed by atoms with E-state index in [9.17, 15) is 0 Å². The molecule has 0 aliphatic rings. The molecule has 4 rings (SSSR count). The summed E-state index contributed by atoms with van der Waals surface area (Å²) >= 11 is 1.67. The third-order valence-corrected chi connectivity index (χ3v) is 5.15. The average molecular weight is 330 g/mol. The highest BCUT2D eigenvalue weighted by atomic mass is 32.1. The quantitative estimate of drug-likeness (QED) is 0.567. The summed E-state index contributed by atoms with van der Waals surface area (Å²) < 4.78 is 2.16. The van der Waals surface area contributed by atoms with Crippen LogP contribution in [0.25, 0.3) is 44.5 Å². The number of fused-ring (bicyclic) bond motifs is 2.